The van der Waals surface area contributed by atoms with Gasteiger partial charge in [-0.05, 0) is 30.7 Å². The molecule has 0 saturated carbocycles. The molecule has 0 amide bonds. The summed E-state index contributed by atoms with van der Waals surface area (Å²) in [6.45, 7) is 0.547. The van der Waals surface area contributed by atoms with Gasteiger partial charge >= 0.3 is 0 Å². The summed E-state index contributed by atoms with van der Waals surface area (Å²) >= 11 is 5.69. The van der Waals surface area contributed by atoms with Crippen molar-refractivity contribution in [3.05, 3.63) is 48.8 Å². The van der Waals surface area contributed by atoms with Crippen molar-refractivity contribution in [1.29, 1.82) is 0 Å². The number of methoxy groups -OCH3 is 1. The molecular weight excluding hydrogens is 312 g/mol. The number of hydrogen-bond donors (Lipinski definition) is 0. The number of halogens is 1. The van der Waals surface area contributed by atoms with Crippen molar-refractivity contribution in [2.45, 2.75) is 6.42 Å². The smallest absolute Gasteiger partial charge is 0.163 e. The molecule has 0 aliphatic rings. The molecule has 0 fully saturated rings. The molecule has 0 atom stereocenters. The van der Waals surface area contributed by atoms with Crippen LogP contribution in [0, 0.1) is 0 Å². The zero-order valence-corrected chi connectivity index (χ0v) is 13.6. The van der Waals surface area contributed by atoms with E-state index in [1.807, 2.05) is 36.4 Å². The van der Waals surface area contributed by atoms with Crippen LogP contribution in [0.5, 0.6) is 11.5 Å². The Morgan fingerprint density at radius 1 is 1.04 bits per heavy atom. The molecule has 0 unspecified atom stereocenters. The van der Waals surface area contributed by atoms with Crippen LogP contribution >= 0.6 is 11.6 Å². The van der Waals surface area contributed by atoms with E-state index in [2.05, 4.69) is 9.97 Å². The maximum absolute atomic E-state index is 5.76. The van der Waals surface area contributed by atoms with Gasteiger partial charge in [-0.3, -0.25) is 9.97 Å². The number of aromatic nitrogens is 2. The first kappa shape index (κ1) is 15.6. The number of rotatable bonds is 6. The van der Waals surface area contributed by atoms with Gasteiger partial charge in [-0.15, -0.1) is 11.6 Å². The van der Waals surface area contributed by atoms with Crippen LogP contribution in [-0.4, -0.2) is 29.6 Å². The van der Waals surface area contributed by atoms with Crippen LogP contribution in [-0.2, 0) is 0 Å². The third kappa shape index (κ3) is 3.37. The molecule has 3 aromatic rings. The van der Waals surface area contributed by atoms with Gasteiger partial charge in [0, 0.05) is 35.3 Å². The molecule has 0 bridgehead atoms. The monoisotopic (exact) mass is 328 g/mol. The Morgan fingerprint density at radius 2 is 1.96 bits per heavy atom. The first-order valence-corrected chi connectivity index (χ1v) is 7.94. The highest BCUT2D eigenvalue weighted by atomic mass is 35.5. The van der Waals surface area contributed by atoms with E-state index in [1.165, 1.54) is 0 Å². The normalized spacial score (nSPS) is 10.7. The lowest BCUT2D eigenvalue weighted by atomic mass is 10.1. The lowest BCUT2D eigenvalue weighted by molar-refractivity contribution is 0.295. The number of pyridine rings is 2. The molecule has 118 valence electrons. The average molecular weight is 329 g/mol. The van der Waals surface area contributed by atoms with Crippen molar-refractivity contribution in [1.82, 2.24) is 9.97 Å². The van der Waals surface area contributed by atoms with Crippen molar-refractivity contribution < 1.29 is 9.47 Å². The average Bonchev–Trinajstić information content (AvgIpc) is 2.61. The lowest BCUT2D eigenvalue weighted by Gasteiger charge is -2.13. The van der Waals surface area contributed by atoms with E-state index in [9.17, 15) is 0 Å². The highest BCUT2D eigenvalue weighted by Crippen LogP contribution is 2.35. The number of ether oxygens (including phenoxy) is 2. The first-order chi connectivity index (χ1) is 11.3. The van der Waals surface area contributed by atoms with Crippen molar-refractivity contribution in [3.63, 3.8) is 0 Å². The second-order valence-corrected chi connectivity index (χ2v) is 5.36. The van der Waals surface area contributed by atoms with E-state index in [0.717, 1.165) is 28.6 Å². The summed E-state index contributed by atoms with van der Waals surface area (Å²) in [6, 6.07) is 11.6. The molecule has 2 heterocycles. The molecule has 0 radical (unpaired) electrons. The van der Waals surface area contributed by atoms with Crippen molar-refractivity contribution in [2.75, 3.05) is 19.6 Å². The molecular formula is C18H17ClN2O2. The number of alkyl halides is 1. The van der Waals surface area contributed by atoms with Crippen LogP contribution in [0.4, 0.5) is 0 Å². The molecule has 0 spiro atoms. The first-order valence-electron chi connectivity index (χ1n) is 7.40. The fourth-order valence-electron chi connectivity index (χ4n) is 2.41. The van der Waals surface area contributed by atoms with Crippen molar-refractivity contribution in [3.8, 4) is 22.8 Å². The standard InChI is InChI=1S/C18H17ClN2O2/c1-22-17-11-14-13(15-5-2-3-8-20-15)6-9-21-16(14)12-18(17)23-10-4-7-19/h2-3,5-6,8-9,11-12H,4,7,10H2,1H3. The Hall–Kier alpha value is -2.33. The summed E-state index contributed by atoms with van der Waals surface area (Å²) in [7, 11) is 1.63. The molecule has 0 aliphatic carbocycles. The van der Waals surface area contributed by atoms with Gasteiger partial charge in [0.15, 0.2) is 11.5 Å². The van der Waals surface area contributed by atoms with Gasteiger partial charge in [0.05, 0.1) is 24.9 Å². The van der Waals surface area contributed by atoms with Crippen LogP contribution in [0.1, 0.15) is 6.42 Å². The third-order valence-electron chi connectivity index (χ3n) is 3.50. The van der Waals surface area contributed by atoms with Gasteiger partial charge in [0.1, 0.15) is 0 Å². The number of benzene rings is 1. The highest BCUT2D eigenvalue weighted by Gasteiger charge is 2.12. The minimum atomic E-state index is 0.547. The second kappa shape index (κ2) is 7.29. The Morgan fingerprint density at radius 3 is 2.70 bits per heavy atom. The van der Waals surface area contributed by atoms with Crippen molar-refractivity contribution >= 4 is 22.5 Å². The van der Waals surface area contributed by atoms with Gasteiger partial charge in [0.2, 0.25) is 0 Å². The summed E-state index contributed by atoms with van der Waals surface area (Å²) in [6.07, 6.45) is 4.34. The molecule has 23 heavy (non-hydrogen) atoms. The van der Waals surface area contributed by atoms with Crippen molar-refractivity contribution in [2.24, 2.45) is 0 Å². The van der Waals surface area contributed by atoms with E-state index in [-0.39, 0.29) is 0 Å². The fourth-order valence-corrected chi connectivity index (χ4v) is 2.52. The van der Waals surface area contributed by atoms with E-state index >= 15 is 0 Å². The summed E-state index contributed by atoms with van der Waals surface area (Å²) in [5.41, 5.74) is 2.76. The zero-order chi connectivity index (χ0) is 16.1. The quantitative estimate of drug-likeness (QED) is 0.499. The van der Waals surface area contributed by atoms with Gasteiger partial charge in [-0.1, -0.05) is 6.07 Å². The molecule has 4 nitrogen and oxygen atoms in total. The second-order valence-electron chi connectivity index (χ2n) is 4.98. The molecule has 2 aromatic heterocycles. The predicted octanol–water partition coefficient (Wildman–Crippen LogP) is 4.31. The number of hydrogen-bond acceptors (Lipinski definition) is 4. The summed E-state index contributed by atoms with van der Waals surface area (Å²) < 4.78 is 11.2. The fraction of sp³-hybridized carbons (Fsp3) is 0.222. The summed E-state index contributed by atoms with van der Waals surface area (Å²) in [5, 5.41) is 0.979. The maximum atomic E-state index is 5.76. The highest BCUT2D eigenvalue weighted by molar-refractivity contribution is 6.17. The van der Waals surface area contributed by atoms with Gasteiger partial charge < -0.3 is 9.47 Å². The van der Waals surface area contributed by atoms with Crippen LogP contribution in [0.25, 0.3) is 22.2 Å². The Bertz CT molecular complexity index is 794. The van der Waals surface area contributed by atoms with Crippen LogP contribution in [0.2, 0.25) is 0 Å². The molecule has 0 saturated heterocycles. The minimum Gasteiger partial charge on any atom is -0.493 e. The van der Waals surface area contributed by atoms with Gasteiger partial charge in [-0.25, -0.2) is 0 Å². The molecule has 3 rings (SSSR count). The topological polar surface area (TPSA) is 44.2 Å². The van der Waals surface area contributed by atoms with Gasteiger partial charge in [0.25, 0.3) is 0 Å². The maximum Gasteiger partial charge on any atom is 0.163 e. The van der Waals surface area contributed by atoms with Crippen LogP contribution in [0.3, 0.4) is 0 Å². The Labute approximate surface area is 140 Å². The van der Waals surface area contributed by atoms with Crippen LogP contribution in [0.15, 0.2) is 48.8 Å². The van der Waals surface area contributed by atoms with E-state index in [0.29, 0.717) is 24.0 Å². The van der Waals surface area contributed by atoms with Crippen LogP contribution < -0.4 is 9.47 Å². The van der Waals surface area contributed by atoms with Gasteiger partial charge in [-0.2, -0.15) is 0 Å². The molecule has 1 aromatic carbocycles. The Kier molecular flexibility index (Phi) is 4.93. The molecule has 0 N–H and O–H groups in total. The molecule has 0 aliphatic heterocycles. The number of fused-ring (bicyclic) bond motifs is 1. The van der Waals surface area contributed by atoms with E-state index in [4.69, 9.17) is 21.1 Å². The summed E-state index contributed by atoms with van der Waals surface area (Å²) in [5.74, 6) is 1.92. The third-order valence-corrected chi connectivity index (χ3v) is 3.77. The summed E-state index contributed by atoms with van der Waals surface area (Å²) in [4.78, 5) is 8.87. The molecule has 5 heteroatoms. The minimum absolute atomic E-state index is 0.547. The lowest BCUT2D eigenvalue weighted by Crippen LogP contribution is -2.00. The Balaban J connectivity index is 2.08. The zero-order valence-electron chi connectivity index (χ0n) is 12.8. The predicted molar refractivity (Wildman–Crippen MR) is 92.4 cm³/mol. The van der Waals surface area contributed by atoms with E-state index in [1.54, 1.807) is 19.5 Å². The van der Waals surface area contributed by atoms with E-state index < -0.39 is 0 Å². The largest absolute Gasteiger partial charge is 0.493 e. The number of nitrogens with zero attached hydrogens (tertiary/aromatic N) is 2. The SMILES string of the molecule is COc1cc2c(-c3ccccn3)ccnc2cc1OCCCCl.